The van der Waals surface area contributed by atoms with Gasteiger partial charge >= 0.3 is 0 Å². The van der Waals surface area contributed by atoms with Crippen molar-refractivity contribution < 1.29 is 70.8 Å². The molecule has 14 heteroatoms. The van der Waals surface area contributed by atoms with Crippen LogP contribution in [0.2, 0.25) is 0 Å². The van der Waals surface area contributed by atoms with E-state index in [2.05, 4.69) is 9.47 Å². The van der Waals surface area contributed by atoms with Crippen LogP contribution in [0, 0.1) is 0 Å². The topological polar surface area (TPSA) is 269 Å². The first-order chi connectivity index (χ1) is 13.5. The molecule has 2 heterocycles. The lowest BCUT2D eigenvalue weighted by Crippen LogP contribution is -2.19. The second-order valence-electron chi connectivity index (χ2n) is 6.15. The summed E-state index contributed by atoms with van der Waals surface area (Å²) in [5.74, 6) is 0. The molecule has 14 nitrogen and oxygen atoms in total. The molecule has 0 spiro atoms. The van der Waals surface area contributed by atoms with E-state index in [-0.39, 0.29) is 38.1 Å². The van der Waals surface area contributed by atoms with E-state index in [1.165, 1.54) is 0 Å². The van der Waals surface area contributed by atoms with Gasteiger partial charge in [0.1, 0.15) is 6.29 Å². The minimum Gasteiger partial charge on any atom is -0.412 e. The lowest BCUT2D eigenvalue weighted by atomic mass is 10.3. The predicted octanol–water partition coefficient (Wildman–Crippen LogP) is -5.68. The average Bonchev–Trinajstić information content (AvgIpc) is 3.22. The summed E-state index contributed by atoms with van der Waals surface area (Å²) >= 11 is 0. The molecule has 2 fully saturated rings. The van der Waals surface area contributed by atoms with E-state index in [9.17, 15) is 4.79 Å². The fraction of sp³-hybridized carbons (Fsp3) is 0.938. The Balaban J connectivity index is -0.000000321. The van der Waals surface area contributed by atoms with E-state index in [4.69, 9.17) is 51.1 Å². The van der Waals surface area contributed by atoms with E-state index in [1.807, 2.05) is 0 Å². The Morgan fingerprint density at radius 2 is 1.20 bits per heavy atom. The number of carbonyl (C=O) groups excluding carboxylic acids is 1. The molecule has 2 saturated heterocycles. The molecule has 0 amide bonds. The molecular formula is C16H36O14. The molecule has 2 rings (SSSR count). The summed E-state index contributed by atoms with van der Waals surface area (Å²) < 4.78 is 9.14. The quantitative estimate of drug-likeness (QED) is 0.133. The number of carbonyl (C=O) groups is 1. The first-order valence-electron chi connectivity index (χ1n) is 8.88. The normalized spacial score (nSPS) is 26.6. The zero-order valence-corrected chi connectivity index (χ0v) is 16.5. The summed E-state index contributed by atoms with van der Waals surface area (Å²) in [4.78, 5) is 9.50. The lowest BCUT2D eigenvalue weighted by Gasteiger charge is -2.06. The SMILES string of the molecule is O.O=CC[C@H](O)CO.OC[C@@H](O)CC(O)O.O[C@@H]1CO[C@@H](O)C1.O[C@@H]1CO[C@H](O)C1. The van der Waals surface area contributed by atoms with E-state index in [1.54, 1.807) is 0 Å². The van der Waals surface area contributed by atoms with E-state index >= 15 is 0 Å². The molecular weight excluding hydrogens is 416 g/mol. The highest BCUT2D eigenvalue weighted by Gasteiger charge is 2.20. The summed E-state index contributed by atoms with van der Waals surface area (Å²) in [6.45, 7) is -0.210. The molecule has 30 heavy (non-hydrogen) atoms. The Morgan fingerprint density at radius 1 is 0.800 bits per heavy atom. The first kappa shape index (κ1) is 33.8. The third-order valence-electron chi connectivity index (χ3n) is 3.18. The van der Waals surface area contributed by atoms with Crippen molar-refractivity contribution in [2.75, 3.05) is 26.4 Å². The molecule has 0 bridgehead atoms. The van der Waals surface area contributed by atoms with Crippen molar-refractivity contribution in [3.63, 3.8) is 0 Å². The number of aliphatic hydroxyl groups is 10. The average molecular weight is 452 g/mol. The lowest BCUT2D eigenvalue weighted by molar-refractivity contribution is -0.110. The zero-order valence-electron chi connectivity index (χ0n) is 16.5. The molecule has 0 aromatic rings. The van der Waals surface area contributed by atoms with Gasteiger partial charge in [-0.3, -0.25) is 0 Å². The van der Waals surface area contributed by atoms with Crippen LogP contribution in [0.1, 0.15) is 25.7 Å². The zero-order chi connectivity index (χ0) is 22.8. The monoisotopic (exact) mass is 452 g/mol. The van der Waals surface area contributed by atoms with Crippen LogP contribution in [-0.2, 0) is 14.3 Å². The van der Waals surface area contributed by atoms with Crippen molar-refractivity contribution in [2.45, 2.75) is 69.0 Å². The fourth-order valence-corrected chi connectivity index (χ4v) is 1.69. The van der Waals surface area contributed by atoms with Crippen LogP contribution < -0.4 is 0 Å². The molecule has 6 atom stereocenters. The summed E-state index contributed by atoms with van der Waals surface area (Å²) in [5.41, 5.74) is 0. The van der Waals surface area contributed by atoms with Gasteiger partial charge in [0.25, 0.3) is 0 Å². The number of aldehydes is 1. The number of hydrogen-bond donors (Lipinski definition) is 10. The van der Waals surface area contributed by atoms with Gasteiger partial charge in [-0.2, -0.15) is 0 Å². The van der Waals surface area contributed by atoms with Crippen LogP contribution in [0.4, 0.5) is 0 Å². The van der Waals surface area contributed by atoms with Crippen molar-refractivity contribution >= 4 is 6.29 Å². The standard InChI is InChI=1S/C4H10O4.3C4H8O3.H2O/c5-2-3(6)1-4(7)8;2*5-3-1-4(6)7-2-3;5-2-1-4(7)3-6;/h3-8H,1-2H2;2*3-6H,1-2H2;2,4,6-7H,1,3H2;1H2/t3-;3-,4+;3-,4-;4-;/m0000./s1. The molecule has 0 saturated carbocycles. The van der Waals surface area contributed by atoms with E-state index < -0.39 is 49.9 Å². The Morgan fingerprint density at radius 3 is 1.30 bits per heavy atom. The van der Waals surface area contributed by atoms with Gasteiger partial charge in [-0.15, -0.1) is 0 Å². The van der Waals surface area contributed by atoms with Crippen LogP contribution in [0.15, 0.2) is 0 Å². The summed E-state index contributed by atoms with van der Waals surface area (Å²) in [6.07, 6.45) is -4.65. The van der Waals surface area contributed by atoms with Gasteiger partial charge < -0.3 is 70.8 Å². The van der Waals surface area contributed by atoms with Crippen LogP contribution in [0.3, 0.4) is 0 Å². The Bertz CT molecular complexity index is 338. The summed E-state index contributed by atoms with van der Waals surface area (Å²) in [5, 5.41) is 83.5. The predicted molar refractivity (Wildman–Crippen MR) is 98.5 cm³/mol. The van der Waals surface area contributed by atoms with Crippen molar-refractivity contribution in [3.05, 3.63) is 0 Å². The minimum atomic E-state index is -1.53. The second-order valence-corrected chi connectivity index (χ2v) is 6.15. The molecule has 2 aliphatic heterocycles. The van der Waals surface area contributed by atoms with Crippen LogP contribution in [-0.4, -0.2) is 133 Å². The van der Waals surface area contributed by atoms with Crippen molar-refractivity contribution in [1.82, 2.24) is 0 Å². The van der Waals surface area contributed by atoms with Crippen LogP contribution >= 0.6 is 0 Å². The molecule has 184 valence electrons. The van der Waals surface area contributed by atoms with Crippen molar-refractivity contribution in [3.8, 4) is 0 Å². The van der Waals surface area contributed by atoms with Gasteiger partial charge in [-0.1, -0.05) is 0 Å². The molecule has 2 aliphatic rings. The Labute approximate surface area is 173 Å². The molecule has 0 unspecified atom stereocenters. The second kappa shape index (κ2) is 21.4. The first-order valence-corrected chi connectivity index (χ1v) is 8.88. The Kier molecular flexibility index (Phi) is 24.1. The molecule has 0 radical (unpaired) electrons. The van der Waals surface area contributed by atoms with Gasteiger partial charge in [-0.25, -0.2) is 0 Å². The number of hydrogen-bond acceptors (Lipinski definition) is 13. The van der Waals surface area contributed by atoms with Crippen molar-refractivity contribution in [2.24, 2.45) is 0 Å². The molecule has 0 aromatic heterocycles. The summed E-state index contributed by atoms with van der Waals surface area (Å²) in [7, 11) is 0. The maximum absolute atomic E-state index is 9.50. The molecule has 0 aliphatic carbocycles. The largest absolute Gasteiger partial charge is 0.412 e. The molecule has 0 aromatic carbocycles. The summed E-state index contributed by atoms with van der Waals surface area (Å²) in [6, 6.07) is 0. The van der Waals surface area contributed by atoms with Gasteiger partial charge in [0.05, 0.1) is 50.8 Å². The smallest absolute Gasteiger partial charge is 0.157 e. The maximum Gasteiger partial charge on any atom is 0.157 e. The van der Waals surface area contributed by atoms with Crippen LogP contribution in [0.5, 0.6) is 0 Å². The van der Waals surface area contributed by atoms with Crippen LogP contribution in [0.25, 0.3) is 0 Å². The van der Waals surface area contributed by atoms with Gasteiger partial charge in [0.15, 0.2) is 18.9 Å². The highest BCUT2D eigenvalue weighted by molar-refractivity contribution is 5.49. The number of ether oxygens (including phenoxy) is 2. The van der Waals surface area contributed by atoms with E-state index in [0.717, 1.165) is 0 Å². The number of aliphatic hydroxyl groups excluding tert-OH is 9. The maximum atomic E-state index is 9.50. The third kappa shape index (κ3) is 23.4. The van der Waals surface area contributed by atoms with Gasteiger partial charge in [-0.05, 0) is 0 Å². The Hall–Kier alpha value is -0.850. The highest BCUT2D eigenvalue weighted by Crippen LogP contribution is 2.09. The molecule has 12 N–H and O–H groups in total. The van der Waals surface area contributed by atoms with Crippen molar-refractivity contribution in [1.29, 1.82) is 0 Å². The van der Waals surface area contributed by atoms with Gasteiger partial charge in [0.2, 0.25) is 0 Å². The van der Waals surface area contributed by atoms with Gasteiger partial charge in [0, 0.05) is 25.7 Å². The fourth-order valence-electron chi connectivity index (χ4n) is 1.69. The van der Waals surface area contributed by atoms with E-state index in [0.29, 0.717) is 19.1 Å². The highest BCUT2D eigenvalue weighted by atomic mass is 16.6. The minimum absolute atomic E-state index is 0. The number of rotatable bonds is 6. The third-order valence-corrected chi connectivity index (χ3v) is 3.18.